The predicted molar refractivity (Wildman–Crippen MR) is 103 cm³/mol. The van der Waals surface area contributed by atoms with Crippen molar-refractivity contribution in [2.24, 2.45) is 0 Å². The third-order valence-electron chi connectivity index (χ3n) is 4.21. The summed E-state index contributed by atoms with van der Waals surface area (Å²) in [5.41, 5.74) is 4.06. The lowest BCUT2D eigenvalue weighted by Gasteiger charge is -2.19. The molecule has 0 aliphatic heterocycles. The molecule has 0 spiro atoms. The van der Waals surface area contributed by atoms with Gasteiger partial charge >= 0.3 is 0 Å². The van der Waals surface area contributed by atoms with Gasteiger partial charge in [0.2, 0.25) is 0 Å². The van der Waals surface area contributed by atoms with Crippen LogP contribution in [0.25, 0.3) is 5.65 Å². The van der Waals surface area contributed by atoms with Crippen molar-refractivity contribution < 1.29 is 4.79 Å². The Bertz CT molecular complexity index is 921. The van der Waals surface area contributed by atoms with Crippen molar-refractivity contribution >= 4 is 28.8 Å². The molecule has 2 aromatic heterocycles. The molecule has 0 radical (unpaired) electrons. The summed E-state index contributed by atoms with van der Waals surface area (Å²) in [5, 5.41) is 3.53. The second-order valence-electron chi connectivity index (χ2n) is 7.12. The highest BCUT2D eigenvalue weighted by atomic mass is 35.5. The van der Waals surface area contributed by atoms with Crippen LogP contribution in [0.4, 0.5) is 5.69 Å². The molecule has 0 aliphatic rings. The second kappa shape index (κ2) is 6.52. The molecule has 3 rings (SSSR count). The van der Waals surface area contributed by atoms with E-state index in [1.807, 2.05) is 37.3 Å². The van der Waals surface area contributed by atoms with Gasteiger partial charge in [-0.2, -0.15) is 0 Å². The zero-order valence-electron chi connectivity index (χ0n) is 14.9. The number of amides is 1. The smallest absolute Gasteiger partial charge is 0.274 e. The number of carbonyl (C=O) groups excluding carboxylic acids is 1. The van der Waals surface area contributed by atoms with Gasteiger partial charge in [-0.15, -0.1) is 0 Å². The highest BCUT2D eigenvalue weighted by Gasteiger charge is 2.19. The molecule has 0 fully saturated rings. The van der Waals surface area contributed by atoms with Gasteiger partial charge in [-0.25, -0.2) is 4.98 Å². The van der Waals surface area contributed by atoms with Crippen molar-refractivity contribution in [3.05, 3.63) is 64.6 Å². The van der Waals surface area contributed by atoms with Crippen LogP contribution in [0, 0.1) is 0 Å². The van der Waals surface area contributed by atoms with Crippen LogP contribution in [-0.2, 0) is 11.8 Å². The van der Waals surface area contributed by atoms with Gasteiger partial charge in [-0.05, 0) is 41.7 Å². The van der Waals surface area contributed by atoms with Crippen LogP contribution >= 0.6 is 11.6 Å². The Balaban J connectivity index is 1.93. The zero-order chi connectivity index (χ0) is 18.2. The second-order valence-corrected chi connectivity index (χ2v) is 7.55. The number of imidazole rings is 1. The number of hydrogen-bond acceptors (Lipinski definition) is 2. The molecular formula is C20H22ClN3O. The van der Waals surface area contributed by atoms with Crippen LogP contribution in [0.1, 0.15) is 49.4 Å². The number of aromatic nitrogens is 2. The average molecular weight is 356 g/mol. The Kier molecular flexibility index (Phi) is 4.56. The van der Waals surface area contributed by atoms with E-state index in [1.165, 1.54) is 5.56 Å². The van der Waals surface area contributed by atoms with Crippen molar-refractivity contribution in [1.82, 2.24) is 9.38 Å². The third-order valence-corrected chi connectivity index (χ3v) is 4.44. The summed E-state index contributed by atoms with van der Waals surface area (Å²) in [7, 11) is 0. The van der Waals surface area contributed by atoms with E-state index in [0.29, 0.717) is 17.1 Å². The van der Waals surface area contributed by atoms with Gasteiger partial charge in [-0.1, -0.05) is 51.4 Å². The maximum atomic E-state index is 12.8. The van der Waals surface area contributed by atoms with E-state index in [9.17, 15) is 4.79 Å². The maximum Gasteiger partial charge on any atom is 0.274 e. The Morgan fingerprint density at radius 2 is 1.84 bits per heavy atom. The number of fused-ring (bicyclic) bond motifs is 1. The molecule has 4 nitrogen and oxygen atoms in total. The summed E-state index contributed by atoms with van der Waals surface area (Å²) >= 11 is 6.09. The SMILES string of the molecule is CCc1nc2ccc(Cl)cn2c1C(=O)Nc1ccc(C(C)(C)C)cc1. The lowest BCUT2D eigenvalue weighted by Crippen LogP contribution is -2.17. The van der Waals surface area contributed by atoms with Crippen LogP contribution in [0.3, 0.4) is 0 Å². The van der Waals surface area contributed by atoms with Crippen LogP contribution < -0.4 is 5.32 Å². The van der Waals surface area contributed by atoms with Gasteiger partial charge in [0.1, 0.15) is 11.3 Å². The Morgan fingerprint density at radius 3 is 2.44 bits per heavy atom. The molecule has 1 aromatic carbocycles. The quantitative estimate of drug-likeness (QED) is 0.710. The fourth-order valence-corrected chi connectivity index (χ4v) is 2.96. The summed E-state index contributed by atoms with van der Waals surface area (Å²) in [6.07, 6.45) is 2.39. The molecule has 0 atom stereocenters. The number of pyridine rings is 1. The lowest BCUT2D eigenvalue weighted by atomic mass is 9.87. The number of carbonyl (C=O) groups is 1. The van der Waals surface area contributed by atoms with Gasteiger partial charge in [0.05, 0.1) is 10.7 Å². The minimum atomic E-state index is -0.185. The van der Waals surface area contributed by atoms with Gasteiger partial charge < -0.3 is 5.32 Å². The van der Waals surface area contributed by atoms with Crippen molar-refractivity contribution in [3.8, 4) is 0 Å². The van der Waals surface area contributed by atoms with Gasteiger partial charge in [0.15, 0.2) is 0 Å². The Labute approximate surface area is 152 Å². The lowest BCUT2D eigenvalue weighted by molar-refractivity contribution is 0.102. The average Bonchev–Trinajstić information content (AvgIpc) is 2.92. The number of hydrogen-bond donors (Lipinski definition) is 1. The highest BCUT2D eigenvalue weighted by Crippen LogP contribution is 2.24. The molecule has 1 amide bonds. The standard InChI is InChI=1S/C20H22ClN3O/c1-5-16-18(24-12-14(21)8-11-17(24)23-16)19(25)22-15-9-6-13(7-10-15)20(2,3)4/h6-12H,5H2,1-4H3,(H,22,25). The van der Waals surface area contributed by atoms with Gasteiger partial charge in [0.25, 0.3) is 5.91 Å². The third kappa shape index (κ3) is 3.54. The number of rotatable bonds is 3. The Hall–Kier alpha value is -2.33. The van der Waals surface area contributed by atoms with Crippen molar-refractivity contribution in [2.75, 3.05) is 5.32 Å². The summed E-state index contributed by atoms with van der Waals surface area (Å²) in [5.74, 6) is -0.185. The molecule has 0 bridgehead atoms. The van der Waals surface area contributed by atoms with Crippen molar-refractivity contribution in [1.29, 1.82) is 0 Å². The molecular weight excluding hydrogens is 334 g/mol. The normalized spacial score (nSPS) is 11.7. The number of halogens is 1. The number of nitrogens with one attached hydrogen (secondary N) is 1. The topological polar surface area (TPSA) is 46.4 Å². The van der Waals surface area contributed by atoms with E-state index in [2.05, 4.69) is 31.1 Å². The van der Waals surface area contributed by atoms with E-state index in [0.717, 1.165) is 17.0 Å². The van der Waals surface area contributed by atoms with Crippen LogP contribution in [-0.4, -0.2) is 15.3 Å². The largest absolute Gasteiger partial charge is 0.321 e. The zero-order valence-corrected chi connectivity index (χ0v) is 15.7. The minimum Gasteiger partial charge on any atom is -0.321 e. The first kappa shape index (κ1) is 17.5. The van der Waals surface area contributed by atoms with Crippen LogP contribution in [0.15, 0.2) is 42.6 Å². The first-order chi connectivity index (χ1) is 11.8. The highest BCUT2D eigenvalue weighted by molar-refractivity contribution is 6.30. The van der Waals surface area contributed by atoms with Crippen molar-refractivity contribution in [2.45, 2.75) is 39.5 Å². The predicted octanol–water partition coefficient (Wildman–Crippen LogP) is 5.10. The van der Waals surface area contributed by atoms with Crippen LogP contribution in [0.2, 0.25) is 5.02 Å². The fraction of sp³-hybridized carbons (Fsp3) is 0.300. The first-order valence-electron chi connectivity index (χ1n) is 8.38. The molecule has 0 aliphatic carbocycles. The molecule has 130 valence electrons. The first-order valence-corrected chi connectivity index (χ1v) is 8.76. The van der Waals surface area contributed by atoms with Crippen LogP contribution in [0.5, 0.6) is 0 Å². The monoisotopic (exact) mass is 355 g/mol. The molecule has 3 aromatic rings. The van der Waals surface area contributed by atoms with Gasteiger partial charge in [0, 0.05) is 11.9 Å². The van der Waals surface area contributed by atoms with E-state index in [1.54, 1.807) is 16.7 Å². The summed E-state index contributed by atoms with van der Waals surface area (Å²) in [4.78, 5) is 17.4. The molecule has 0 unspecified atom stereocenters. The van der Waals surface area contributed by atoms with Crippen molar-refractivity contribution in [3.63, 3.8) is 0 Å². The Morgan fingerprint density at radius 1 is 1.16 bits per heavy atom. The van der Waals surface area contributed by atoms with E-state index >= 15 is 0 Å². The molecule has 25 heavy (non-hydrogen) atoms. The number of anilines is 1. The molecule has 2 heterocycles. The minimum absolute atomic E-state index is 0.0797. The van der Waals surface area contributed by atoms with Gasteiger partial charge in [-0.3, -0.25) is 9.20 Å². The van der Waals surface area contributed by atoms with E-state index < -0.39 is 0 Å². The number of benzene rings is 1. The molecule has 1 N–H and O–H groups in total. The van der Waals surface area contributed by atoms with E-state index in [-0.39, 0.29) is 11.3 Å². The summed E-state index contributed by atoms with van der Waals surface area (Å²) in [6, 6.07) is 11.5. The summed E-state index contributed by atoms with van der Waals surface area (Å²) in [6.45, 7) is 8.47. The fourth-order valence-electron chi connectivity index (χ4n) is 2.80. The summed E-state index contributed by atoms with van der Waals surface area (Å²) < 4.78 is 1.75. The number of aryl methyl sites for hydroxylation is 1. The molecule has 0 saturated heterocycles. The molecule has 0 saturated carbocycles. The van der Waals surface area contributed by atoms with E-state index in [4.69, 9.17) is 11.6 Å². The molecule has 5 heteroatoms. The maximum absolute atomic E-state index is 12.8. The number of nitrogens with zero attached hydrogens (tertiary/aromatic N) is 2.